The van der Waals surface area contributed by atoms with Crippen molar-refractivity contribution < 1.29 is 23.7 Å². The van der Waals surface area contributed by atoms with Crippen LogP contribution >= 0.6 is 11.6 Å². The molecule has 0 aliphatic carbocycles. The second-order valence-electron chi connectivity index (χ2n) is 6.25. The summed E-state index contributed by atoms with van der Waals surface area (Å²) in [6.07, 6.45) is 1.76. The third kappa shape index (κ3) is 3.06. The summed E-state index contributed by atoms with van der Waals surface area (Å²) in [5, 5.41) is 0.409. The van der Waals surface area contributed by atoms with Crippen LogP contribution in [0.1, 0.15) is 23.2 Å². The lowest BCUT2D eigenvalue weighted by molar-refractivity contribution is -0.0969. The van der Waals surface area contributed by atoms with E-state index < -0.39 is 0 Å². The summed E-state index contributed by atoms with van der Waals surface area (Å²) in [5.74, 6) is 1.23. The molecule has 4 rings (SSSR count). The topological polar surface area (TPSA) is 57.2 Å². The van der Waals surface area contributed by atoms with Gasteiger partial charge < -0.3 is 23.8 Å². The number of carbonyl (C=O) groups excluding carboxylic acids is 1. The number of benzene rings is 1. The van der Waals surface area contributed by atoms with Crippen molar-refractivity contribution in [2.75, 3.05) is 39.5 Å². The number of fused-ring (bicyclic) bond motifs is 1. The maximum Gasteiger partial charge on any atom is 0.254 e. The van der Waals surface area contributed by atoms with E-state index in [-0.39, 0.29) is 18.1 Å². The van der Waals surface area contributed by atoms with Gasteiger partial charge in [-0.25, -0.2) is 0 Å². The Kier molecular flexibility index (Phi) is 4.52. The lowest BCUT2D eigenvalue weighted by atomic mass is 9.96. The normalized spacial score (nSPS) is 24.2. The van der Waals surface area contributed by atoms with E-state index in [4.69, 9.17) is 30.5 Å². The van der Waals surface area contributed by atoms with Crippen molar-refractivity contribution in [1.29, 1.82) is 0 Å². The number of halogens is 1. The van der Waals surface area contributed by atoms with E-state index in [1.807, 2.05) is 4.90 Å². The third-order valence-corrected chi connectivity index (χ3v) is 4.90. The number of ether oxygens (including phenoxy) is 4. The standard InChI is InChI=1S/C17H20ClNO5/c18-13-8-12(9-14-15(13)22-5-4-21-14)16(20)19-3-1-2-11(10-19)17-23-6-7-24-17/h8-9,11,17H,1-7,10H2. The van der Waals surface area contributed by atoms with Crippen LogP contribution < -0.4 is 9.47 Å². The first-order valence-corrected chi connectivity index (χ1v) is 8.72. The maximum atomic E-state index is 12.9. The molecule has 0 bridgehead atoms. The zero-order chi connectivity index (χ0) is 16.5. The minimum atomic E-state index is -0.190. The Balaban J connectivity index is 1.51. The number of carbonyl (C=O) groups is 1. The van der Waals surface area contributed by atoms with Gasteiger partial charge in [0.2, 0.25) is 0 Å². The highest BCUT2D eigenvalue weighted by Gasteiger charge is 2.33. The molecule has 1 amide bonds. The van der Waals surface area contributed by atoms with Crippen LogP contribution in [-0.2, 0) is 9.47 Å². The van der Waals surface area contributed by atoms with Crippen LogP contribution in [0.5, 0.6) is 11.5 Å². The number of likely N-dealkylation sites (tertiary alicyclic amines) is 1. The van der Waals surface area contributed by atoms with Crippen molar-refractivity contribution in [2.45, 2.75) is 19.1 Å². The molecule has 3 aliphatic heterocycles. The number of rotatable bonds is 2. The fourth-order valence-corrected chi connectivity index (χ4v) is 3.75. The van der Waals surface area contributed by atoms with Gasteiger partial charge in [0.25, 0.3) is 5.91 Å². The van der Waals surface area contributed by atoms with Crippen molar-refractivity contribution in [3.05, 3.63) is 22.7 Å². The van der Waals surface area contributed by atoms with Crippen LogP contribution in [0, 0.1) is 5.92 Å². The fourth-order valence-electron chi connectivity index (χ4n) is 3.48. The molecule has 1 aromatic carbocycles. The first-order valence-electron chi connectivity index (χ1n) is 8.34. The molecule has 130 valence electrons. The molecule has 0 radical (unpaired) electrons. The molecule has 7 heteroatoms. The Morgan fingerprint density at radius 1 is 1.12 bits per heavy atom. The summed E-state index contributed by atoms with van der Waals surface area (Å²) in [6, 6.07) is 3.37. The highest BCUT2D eigenvalue weighted by Crippen LogP contribution is 2.39. The summed E-state index contributed by atoms with van der Waals surface area (Å²) in [7, 11) is 0. The average molecular weight is 354 g/mol. The Hall–Kier alpha value is -1.50. The van der Waals surface area contributed by atoms with Crippen LogP contribution in [-0.4, -0.2) is 56.6 Å². The monoisotopic (exact) mass is 353 g/mol. The lowest BCUT2D eigenvalue weighted by Crippen LogP contribution is -2.43. The minimum Gasteiger partial charge on any atom is -0.486 e. The molecule has 1 unspecified atom stereocenters. The van der Waals surface area contributed by atoms with Crippen LogP contribution in [0.15, 0.2) is 12.1 Å². The van der Waals surface area contributed by atoms with E-state index in [9.17, 15) is 4.79 Å². The maximum absolute atomic E-state index is 12.9. The first-order chi connectivity index (χ1) is 11.7. The first kappa shape index (κ1) is 16.0. The number of hydrogen-bond donors (Lipinski definition) is 0. The quantitative estimate of drug-likeness (QED) is 0.816. The molecule has 0 saturated carbocycles. The van der Waals surface area contributed by atoms with Gasteiger partial charge in [-0.2, -0.15) is 0 Å². The molecule has 0 N–H and O–H groups in total. The SMILES string of the molecule is O=C(c1cc(Cl)c2c(c1)OCCO2)N1CCCC(C2OCCO2)C1. The molecular weight excluding hydrogens is 334 g/mol. The van der Waals surface area contributed by atoms with Crippen LogP contribution in [0.25, 0.3) is 0 Å². The van der Waals surface area contributed by atoms with Gasteiger partial charge in [-0.05, 0) is 25.0 Å². The number of amides is 1. The lowest BCUT2D eigenvalue weighted by Gasteiger charge is -2.35. The van der Waals surface area contributed by atoms with E-state index in [1.165, 1.54) is 0 Å². The minimum absolute atomic E-state index is 0.0448. The van der Waals surface area contributed by atoms with E-state index in [0.29, 0.717) is 55.1 Å². The zero-order valence-corrected chi connectivity index (χ0v) is 14.1. The van der Waals surface area contributed by atoms with Crippen molar-refractivity contribution in [2.24, 2.45) is 5.92 Å². The van der Waals surface area contributed by atoms with Crippen molar-refractivity contribution in [1.82, 2.24) is 4.90 Å². The average Bonchev–Trinajstić information content (AvgIpc) is 3.16. The predicted molar refractivity (Wildman–Crippen MR) is 86.8 cm³/mol. The Morgan fingerprint density at radius 3 is 2.75 bits per heavy atom. The van der Waals surface area contributed by atoms with Gasteiger partial charge in [0, 0.05) is 24.6 Å². The molecule has 6 nitrogen and oxygen atoms in total. The van der Waals surface area contributed by atoms with Crippen LogP contribution in [0.4, 0.5) is 0 Å². The van der Waals surface area contributed by atoms with E-state index >= 15 is 0 Å². The Labute approximate surface area is 145 Å². The summed E-state index contributed by atoms with van der Waals surface area (Å²) >= 11 is 6.25. The molecule has 24 heavy (non-hydrogen) atoms. The number of piperidine rings is 1. The molecule has 3 aliphatic rings. The van der Waals surface area contributed by atoms with Gasteiger partial charge in [-0.15, -0.1) is 0 Å². The van der Waals surface area contributed by atoms with Gasteiger partial charge in [0.15, 0.2) is 17.8 Å². The molecule has 2 fully saturated rings. The van der Waals surface area contributed by atoms with E-state index in [0.717, 1.165) is 19.4 Å². The van der Waals surface area contributed by atoms with Gasteiger partial charge in [-0.3, -0.25) is 4.79 Å². The second kappa shape index (κ2) is 6.78. The largest absolute Gasteiger partial charge is 0.486 e. The highest BCUT2D eigenvalue weighted by atomic mass is 35.5. The molecule has 1 aromatic rings. The molecule has 0 aromatic heterocycles. The van der Waals surface area contributed by atoms with E-state index in [1.54, 1.807) is 12.1 Å². The molecule has 2 saturated heterocycles. The van der Waals surface area contributed by atoms with Crippen molar-refractivity contribution >= 4 is 17.5 Å². The fraction of sp³-hybridized carbons (Fsp3) is 0.588. The van der Waals surface area contributed by atoms with E-state index in [2.05, 4.69) is 0 Å². The summed E-state index contributed by atoms with van der Waals surface area (Å²) in [5.41, 5.74) is 0.526. The van der Waals surface area contributed by atoms with Crippen molar-refractivity contribution in [3.8, 4) is 11.5 Å². The second-order valence-corrected chi connectivity index (χ2v) is 6.65. The molecule has 3 heterocycles. The van der Waals surface area contributed by atoms with Crippen molar-refractivity contribution in [3.63, 3.8) is 0 Å². The van der Waals surface area contributed by atoms with Crippen LogP contribution in [0.3, 0.4) is 0 Å². The predicted octanol–water partition coefficient (Wildman–Crippen LogP) is 2.34. The number of nitrogens with zero attached hydrogens (tertiary/aromatic N) is 1. The molecule has 1 atom stereocenters. The summed E-state index contributed by atoms with van der Waals surface area (Å²) in [4.78, 5) is 14.7. The highest BCUT2D eigenvalue weighted by molar-refractivity contribution is 6.32. The Bertz CT molecular complexity index is 632. The summed E-state index contributed by atoms with van der Waals surface area (Å²) < 4.78 is 22.3. The Morgan fingerprint density at radius 2 is 1.92 bits per heavy atom. The van der Waals surface area contributed by atoms with Gasteiger partial charge >= 0.3 is 0 Å². The third-order valence-electron chi connectivity index (χ3n) is 4.62. The van der Waals surface area contributed by atoms with Crippen LogP contribution in [0.2, 0.25) is 5.02 Å². The van der Waals surface area contributed by atoms with Gasteiger partial charge in [0.05, 0.1) is 18.2 Å². The summed E-state index contributed by atoms with van der Waals surface area (Å²) in [6.45, 7) is 3.56. The van der Waals surface area contributed by atoms with Gasteiger partial charge in [-0.1, -0.05) is 11.6 Å². The molecule has 0 spiro atoms. The molecular formula is C17H20ClNO5. The smallest absolute Gasteiger partial charge is 0.254 e. The number of hydrogen-bond acceptors (Lipinski definition) is 5. The zero-order valence-electron chi connectivity index (χ0n) is 13.3. The van der Waals surface area contributed by atoms with Gasteiger partial charge in [0.1, 0.15) is 13.2 Å².